The number of ether oxygens (including phenoxy) is 2. The number of nitrogens with zero attached hydrogens (tertiary/aromatic N) is 2. The third-order valence-corrected chi connectivity index (χ3v) is 3.86. The molecule has 0 aliphatic heterocycles. The molecule has 5 nitrogen and oxygen atoms in total. The zero-order valence-electron chi connectivity index (χ0n) is 11.8. The van der Waals surface area contributed by atoms with Crippen LogP contribution in [0.4, 0.5) is 5.82 Å². The van der Waals surface area contributed by atoms with E-state index in [1.807, 2.05) is 6.07 Å². The lowest BCUT2D eigenvalue weighted by molar-refractivity contribution is -0.112. The van der Waals surface area contributed by atoms with E-state index >= 15 is 0 Å². The molecule has 1 aliphatic carbocycles. The van der Waals surface area contributed by atoms with Crippen LogP contribution in [-0.2, 0) is 28.9 Å². The summed E-state index contributed by atoms with van der Waals surface area (Å²) in [4.78, 5) is 0. The molecule has 0 unspecified atom stereocenters. The summed E-state index contributed by atoms with van der Waals surface area (Å²) in [6.07, 6.45) is 1.61. The minimum absolute atomic E-state index is 0.339. The molecule has 0 bridgehead atoms. The van der Waals surface area contributed by atoms with Crippen LogP contribution >= 0.6 is 0 Å². The summed E-state index contributed by atoms with van der Waals surface area (Å²) in [5, 5.41) is 4.66. The second-order valence-corrected chi connectivity index (χ2v) is 4.95. The molecule has 0 atom stereocenters. The maximum absolute atomic E-state index is 6.23. The highest BCUT2D eigenvalue weighted by molar-refractivity contribution is 5.73. The molecule has 1 aromatic heterocycles. The van der Waals surface area contributed by atoms with Crippen molar-refractivity contribution < 1.29 is 9.47 Å². The lowest BCUT2D eigenvalue weighted by atomic mass is 9.90. The van der Waals surface area contributed by atoms with E-state index in [0.717, 1.165) is 24.1 Å². The van der Waals surface area contributed by atoms with Crippen molar-refractivity contribution in [3.63, 3.8) is 0 Å². The number of fused-ring (bicyclic) bond motifs is 3. The fourth-order valence-electron chi connectivity index (χ4n) is 2.73. The maximum atomic E-state index is 6.23. The molecule has 2 N–H and O–H groups in total. The Labute approximate surface area is 118 Å². The molecule has 0 amide bonds. The van der Waals surface area contributed by atoms with E-state index in [1.54, 1.807) is 18.9 Å². The molecule has 5 heteroatoms. The van der Waals surface area contributed by atoms with E-state index in [1.165, 1.54) is 11.1 Å². The van der Waals surface area contributed by atoms with Gasteiger partial charge in [-0.25, -0.2) is 4.68 Å². The monoisotopic (exact) mass is 273 g/mol. The third-order valence-electron chi connectivity index (χ3n) is 3.86. The number of anilines is 1. The van der Waals surface area contributed by atoms with Crippen LogP contribution < -0.4 is 5.73 Å². The van der Waals surface area contributed by atoms with E-state index in [9.17, 15) is 0 Å². The van der Waals surface area contributed by atoms with Gasteiger partial charge < -0.3 is 15.2 Å². The first-order chi connectivity index (χ1) is 9.74. The molecule has 0 fully saturated rings. The largest absolute Gasteiger partial charge is 0.384 e. The van der Waals surface area contributed by atoms with Crippen LogP contribution in [0.15, 0.2) is 24.3 Å². The Hall–Kier alpha value is -1.85. The fourth-order valence-corrected chi connectivity index (χ4v) is 2.73. The number of rotatable bonds is 4. The highest BCUT2D eigenvalue weighted by atomic mass is 16.7. The number of aromatic nitrogens is 2. The Balaban J connectivity index is 2.00. The molecule has 2 aromatic rings. The Bertz CT molecular complexity index is 618. The summed E-state index contributed by atoms with van der Waals surface area (Å²) in [5.74, 6) is 0.716. The van der Waals surface area contributed by atoms with Crippen LogP contribution in [-0.4, -0.2) is 30.3 Å². The van der Waals surface area contributed by atoms with E-state index in [4.69, 9.17) is 15.2 Å². The normalized spacial score (nSPS) is 13.3. The predicted octanol–water partition coefficient (Wildman–Crippen LogP) is 1.85. The van der Waals surface area contributed by atoms with E-state index in [-0.39, 0.29) is 6.29 Å². The van der Waals surface area contributed by atoms with Gasteiger partial charge >= 0.3 is 0 Å². The SMILES string of the molecule is COC(Cn1nc2c(c1N)CCc1ccccc1-2)OC. The van der Waals surface area contributed by atoms with Crippen molar-refractivity contribution in [1.29, 1.82) is 0 Å². The van der Waals surface area contributed by atoms with Crippen molar-refractivity contribution >= 4 is 5.82 Å². The van der Waals surface area contributed by atoms with Crippen molar-refractivity contribution in [2.24, 2.45) is 0 Å². The molecule has 1 heterocycles. The minimum Gasteiger partial charge on any atom is -0.384 e. The highest BCUT2D eigenvalue weighted by Crippen LogP contribution is 2.35. The van der Waals surface area contributed by atoms with Gasteiger partial charge in [-0.05, 0) is 18.4 Å². The van der Waals surface area contributed by atoms with Gasteiger partial charge in [0, 0.05) is 25.3 Å². The van der Waals surface area contributed by atoms with E-state index < -0.39 is 0 Å². The van der Waals surface area contributed by atoms with Gasteiger partial charge in [-0.3, -0.25) is 0 Å². The van der Waals surface area contributed by atoms with E-state index in [2.05, 4.69) is 23.3 Å². The molecule has 106 valence electrons. The first kappa shape index (κ1) is 13.1. The Morgan fingerprint density at radius 1 is 1.25 bits per heavy atom. The van der Waals surface area contributed by atoms with Gasteiger partial charge in [-0.2, -0.15) is 5.10 Å². The first-order valence-corrected chi connectivity index (χ1v) is 6.73. The number of hydrogen-bond acceptors (Lipinski definition) is 4. The molecular formula is C15H19N3O2. The number of nitrogens with two attached hydrogens (primary N) is 1. The lowest BCUT2D eigenvalue weighted by Crippen LogP contribution is -2.22. The number of hydrogen-bond donors (Lipinski definition) is 1. The summed E-state index contributed by atoms with van der Waals surface area (Å²) in [7, 11) is 3.23. The van der Waals surface area contributed by atoms with Crippen LogP contribution in [0, 0.1) is 0 Å². The Kier molecular flexibility index (Phi) is 3.46. The fraction of sp³-hybridized carbons (Fsp3) is 0.400. The average Bonchev–Trinajstić information content (AvgIpc) is 2.81. The van der Waals surface area contributed by atoms with Crippen LogP contribution in [0.2, 0.25) is 0 Å². The molecule has 20 heavy (non-hydrogen) atoms. The quantitative estimate of drug-likeness (QED) is 0.864. The molecule has 1 aromatic carbocycles. The Morgan fingerprint density at radius 3 is 2.75 bits per heavy atom. The van der Waals surface area contributed by atoms with Crippen molar-refractivity contribution in [3.05, 3.63) is 35.4 Å². The topological polar surface area (TPSA) is 62.3 Å². The third kappa shape index (κ3) is 2.09. The average molecular weight is 273 g/mol. The highest BCUT2D eigenvalue weighted by Gasteiger charge is 2.24. The smallest absolute Gasteiger partial charge is 0.176 e. The van der Waals surface area contributed by atoms with Crippen molar-refractivity contribution in [3.8, 4) is 11.3 Å². The van der Waals surface area contributed by atoms with E-state index in [0.29, 0.717) is 12.4 Å². The Morgan fingerprint density at radius 2 is 2.00 bits per heavy atom. The zero-order chi connectivity index (χ0) is 14.1. The number of nitrogen functional groups attached to an aromatic ring is 1. The zero-order valence-corrected chi connectivity index (χ0v) is 11.8. The van der Waals surface area contributed by atoms with Crippen LogP contribution in [0.1, 0.15) is 11.1 Å². The molecule has 0 radical (unpaired) electrons. The second-order valence-electron chi connectivity index (χ2n) is 4.95. The van der Waals surface area contributed by atoms with Gasteiger partial charge in [0.05, 0.1) is 12.2 Å². The molecule has 1 aliphatic rings. The van der Waals surface area contributed by atoms with Crippen LogP contribution in [0.5, 0.6) is 0 Å². The summed E-state index contributed by atoms with van der Waals surface area (Å²) in [6.45, 7) is 0.494. The van der Waals surface area contributed by atoms with Gasteiger partial charge in [-0.1, -0.05) is 24.3 Å². The molecule has 0 saturated carbocycles. The summed E-state index contributed by atoms with van der Waals surface area (Å²) >= 11 is 0. The van der Waals surface area contributed by atoms with Gasteiger partial charge in [-0.15, -0.1) is 0 Å². The summed E-state index contributed by atoms with van der Waals surface area (Å²) < 4.78 is 12.2. The van der Waals surface area contributed by atoms with Crippen LogP contribution in [0.3, 0.4) is 0 Å². The van der Waals surface area contributed by atoms with Crippen molar-refractivity contribution in [2.45, 2.75) is 25.7 Å². The van der Waals surface area contributed by atoms with Crippen molar-refractivity contribution in [1.82, 2.24) is 9.78 Å². The summed E-state index contributed by atoms with van der Waals surface area (Å²) in [5.41, 5.74) is 10.9. The van der Waals surface area contributed by atoms with Gasteiger partial charge in [0.25, 0.3) is 0 Å². The summed E-state index contributed by atoms with van der Waals surface area (Å²) in [6, 6.07) is 8.36. The number of benzene rings is 1. The lowest BCUT2D eigenvalue weighted by Gasteiger charge is -2.14. The molecule has 3 rings (SSSR count). The first-order valence-electron chi connectivity index (χ1n) is 6.73. The van der Waals surface area contributed by atoms with Gasteiger partial charge in [0.15, 0.2) is 6.29 Å². The number of aryl methyl sites for hydroxylation is 1. The van der Waals surface area contributed by atoms with Gasteiger partial charge in [0.1, 0.15) is 5.82 Å². The second kappa shape index (κ2) is 5.26. The maximum Gasteiger partial charge on any atom is 0.176 e. The standard InChI is InChI=1S/C15H19N3O2/c1-19-13(20-2)9-18-15(16)12-8-7-10-5-3-4-6-11(10)14(12)17-18/h3-6,13H,7-9,16H2,1-2H3. The molecule has 0 saturated heterocycles. The molecular weight excluding hydrogens is 254 g/mol. The van der Waals surface area contributed by atoms with Gasteiger partial charge in [0.2, 0.25) is 0 Å². The van der Waals surface area contributed by atoms with Crippen molar-refractivity contribution in [2.75, 3.05) is 20.0 Å². The van der Waals surface area contributed by atoms with Crippen LogP contribution in [0.25, 0.3) is 11.3 Å². The predicted molar refractivity (Wildman–Crippen MR) is 77.3 cm³/mol. The minimum atomic E-state index is -0.339. The molecule has 0 spiro atoms. The number of methoxy groups -OCH3 is 2.